The number of carbonyl (C=O) groups is 1. The first kappa shape index (κ1) is 15.4. The molecule has 0 spiro atoms. The summed E-state index contributed by atoms with van der Waals surface area (Å²) in [7, 11) is 2.14. The lowest BCUT2D eigenvalue weighted by Gasteiger charge is -2.35. The molecule has 5 nitrogen and oxygen atoms in total. The Kier molecular flexibility index (Phi) is 5.56. The van der Waals surface area contributed by atoms with E-state index in [4.69, 9.17) is 5.73 Å². The first-order valence-electron chi connectivity index (χ1n) is 6.82. The number of nitrogens with zero attached hydrogens (tertiary/aromatic N) is 2. The molecule has 5 heteroatoms. The Hall–Kier alpha value is -0.650. The zero-order valence-corrected chi connectivity index (χ0v) is 12.2. The van der Waals surface area contributed by atoms with Crippen molar-refractivity contribution in [1.82, 2.24) is 15.1 Å². The van der Waals surface area contributed by atoms with Crippen LogP contribution in [-0.2, 0) is 4.79 Å². The minimum absolute atomic E-state index is 0.247. The number of hydrogen-bond acceptors (Lipinski definition) is 4. The van der Waals surface area contributed by atoms with Crippen LogP contribution in [0.5, 0.6) is 0 Å². The third kappa shape index (κ3) is 4.55. The van der Waals surface area contributed by atoms with Gasteiger partial charge in [-0.1, -0.05) is 0 Å². The topological polar surface area (TPSA) is 61.6 Å². The van der Waals surface area contributed by atoms with Gasteiger partial charge in [0.25, 0.3) is 0 Å². The van der Waals surface area contributed by atoms with Gasteiger partial charge in [0, 0.05) is 25.7 Å². The lowest BCUT2D eigenvalue weighted by molar-refractivity contribution is -0.124. The normalized spacial score (nSPS) is 22.7. The van der Waals surface area contributed by atoms with E-state index in [-0.39, 0.29) is 11.9 Å². The summed E-state index contributed by atoms with van der Waals surface area (Å²) in [4.78, 5) is 16.4. The monoisotopic (exact) mass is 256 g/mol. The molecule has 106 valence electrons. The second-order valence-electron chi connectivity index (χ2n) is 5.93. The van der Waals surface area contributed by atoms with Crippen LogP contribution in [0, 0.1) is 0 Å². The fraction of sp³-hybridized carbons (Fsp3) is 0.923. The first-order chi connectivity index (χ1) is 8.33. The molecule has 0 radical (unpaired) electrons. The highest BCUT2D eigenvalue weighted by Gasteiger charge is 2.33. The Bertz CT molecular complexity index is 282. The minimum Gasteiger partial charge on any atom is -0.368 e. The molecular weight excluding hydrogens is 228 g/mol. The van der Waals surface area contributed by atoms with Crippen molar-refractivity contribution in [3.63, 3.8) is 0 Å². The van der Waals surface area contributed by atoms with E-state index in [0.717, 1.165) is 32.6 Å². The zero-order valence-electron chi connectivity index (χ0n) is 12.2. The Morgan fingerprint density at radius 2 is 2.00 bits per heavy atom. The fourth-order valence-electron chi connectivity index (χ4n) is 2.54. The molecule has 0 aromatic heterocycles. The van der Waals surface area contributed by atoms with Crippen LogP contribution in [0.2, 0.25) is 0 Å². The molecule has 0 aromatic carbocycles. The molecule has 1 atom stereocenters. The third-order valence-corrected chi connectivity index (χ3v) is 3.50. The number of primary amides is 1. The summed E-state index contributed by atoms with van der Waals surface area (Å²) in [5.74, 6) is -0.270. The van der Waals surface area contributed by atoms with E-state index in [9.17, 15) is 4.79 Å². The minimum atomic E-state index is -0.642. The van der Waals surface area contributed by atoms with E-state index < -0.39 is 5.54 Å². The number of rotatable bonds is 5. The third-order valence-electron chi connectivity index (χ3n) is 3.50. The van der Waals surface area contributed by atoms with Gasteiger partial charge in [0.15, 0.2) is 0 Å². The molecule has 1 saturated heterocycles. The standard InChI is InChI=1S/C13H28N4O/c1-11(2)15-13(3,12(14)18)10-17-7-5-6-16(4)8-9-17/h11,15H,5-10H2,1-4H3,(H2,14,18). The van der Waals surface area contributed by atoms with Gasteiger partial charge < -0.3 is 16.0 Å². The second-order valence-corrected chi connectivity index (χ2v) is 5.93. The highest BCUT2D eigenvalue weighted by atomic mass is 16.1. The largest absolute Gasteiger partial charge is 0.368 e. The molecule has 1 aliphatic rings. The van der Waals surface area contributed by atoms with Crippen LogP contribution in [0.4, 0.5) is 0 Å². The summed E-state index contributed by atoms with van der Waals surface area (Å²) in [6.07, 6.45) is 1.15. The van der Waals surface area contributed by atoms with Gasteiger partial charge in [-0.3, -0.25) is 9.69 Å². The molecule has 0 aromatic rings. The average molecular weight is 256 g/mol. The van der Waals surface area contributed by atoms with Crippen molar-refractivity contribution < 1.29 is 4.79 Å². The lowest BCUT2D eigenvalue weighted by Crippen LogP contribution is -2.61. The molecule has 1 rings (SSSR count). The van der Waals surface area contributed by atoms with Crippen LogP contribution in [0.15, 0.2) is 0 Å². The van der Waals surface area contributed by atoms with Gasteiger partial charge in [-0.25, -0.2) is 0 Å². The quantitative estimate of drug-likeness (QED) is 0.719. The SMILES string of the molecule is CC(C)NC(C)(CN1CCCN(C)CC1)C(N)=O. The molecule has 0 saturated carbocycles. The second kappa shape index (κ2) is 6.50. The molecule has 18 heavy (non-hydrogen) atoms. The van der Waals surface area contributed by atoms with E-state index in [1.54, 1.807) is 0 Å². The number of hydrogen-bond donors (Lipinski definition) is 2. The van der Waals surface area contributed by atoms with Crippen LogP contribution in [0.3, 0.4) is 0 Å². The van der Waals surface area contributed by atoms with Crippen molar-refractivity contribution in [3.8, 4) is 0 Å². The van der Waals surface area contributed by atoms with Crippen LogP contribution < -0.4 is 11.1 Å². The molecular formula is C13H28N4O. The maximum atomic E-state index is 11.7. The van der Waals surface area contributed by atoms with Gasteiger partial charge in [0.2, 0.25) is 5.91 Å². The molecule has 1 unspecified atom stereocenters. The summed E-state index contributed by atoms with van der Waals surface area (Å²) in [5, 5.41) is 3.30. The van der Waals surface area contributed by atoms with Crippen LogP contribution in [0.1, 0.15) is 27.2 Å². The van der Waals surface area contributed by atoms with Crippen molar-refractivity contribution in [3.05, 3.63) is 0 Å². The van der Waals surface area contributed by atoms with Crippen molar-refractivity contribution in [2.45, 2.75) is 38.8 Å². The van der Waals surface area contributed by atoms with Crippen molar-refractivity contribution >= 4 is 5.91 Å². The van der Waals surface area contributed by atoms with E-state index >= 15 is 0 Å². The Labute approximate surface area is 111 Å². The van der Waals surface area contributed by atoms with Gasteiger partial charge in [-0.2, -0.15) is 0 Å². The van der Waals surface area contributed by atoms with Gasteiger partial charge >= 0.3 is 0 Å². The summed E-state index contributed by atoms with van der Waals surface area (Å²) in [5.41, 5.74) is 4.92. The molecule has 1 fully saturated rings. The van der Waals surface area contributed by atoms with Gasteiger partial charge in [0.1, 0.15) is 5.54 Å². The van der Waals surface area contributed by atoms with E-state index in [0.29, 0.717) is 6.54 Å². The van der Waals surface area contributed by atoms with Gasteiger partial charge in [0.05, 0.1) is 0 Å². The summed E-state index contributed by atoms with van der Waals surface area (Å²) in [6.45, 7) is 10.9. The fourth-order valence-corrected chi connectivity index (χ4v) is 2.54. The maximum Gasteiger partial charge on any atom is 0.238 e. The highest BCUT2D eigenvalue weighted by Crippen LogP contribution is 2.10. The number of likely N-dealkylation sites (N-methyl/N-ethyl adjacent to an activating group) is 1. The van der Waals surface area contributed by atoms with Gasteiger partial charge in [-0.15, -0.1) is 0 Å². The summed E-state index contributed by atoms with van der Waals surface area (Å²) < 4.78 is 0. The van der Waals surface area contributed by atoms with Crippen LogP contribution in [-0.4, -0.2) is 67.1 Å². The van der Waals surface area contributed by atoms with Gasteiger partial charge in [-0.05, 0) is 47.3 Å². The summed E-state index contributed by atoms with van der Waals surface area (Å²) >= 11 is 0. The van der Waals surface area contributed by atoms with Crippen molar-refractivity contribution in [2.75, 3.05) is 39.8 Å². The van der Waals surface area contributed by atoms with Crippen molar-refractivity contribution in [1.29, 1.82) is 0 Å². The molecule has 1 amide bonds. The average Bonchev–Trinajstić information content (AvgIpc) is 2.42. The number of nitrogens with one attached hydrogen (secondary N) is 1. The van der Waals surface area contributed by atoms with E-state index in [1.807, 2.05) is 20.8 Å². The zero-order chi connectivity index (χ0) is 13.8. The predicted molar refractivity (Wildman–Crippen MR) is 74.4 cm³/mol. The molecule has 0 bridgehead atoms. The molecule has 3 N–H and O–H groups in total. The van der Waals surface area contributed by atoms with Crippen LogP contribution >= 0.6 is 0 Å². The van der Waals surface area contributed by atoms with Crippen molar-refractivity contribution in [2.24, 2.45) is 5.73 Å². The van der Waals surface area contributed by atoms with E-state index in [2.05, 4.69) is 22.2 Å². The lowest BCUT2D eigenvalue weighted by atomic mass is 9.99. The predicted octanol–water partition coefficient (Wildman–Crippen LogP) is -0.134. The highest BCUT2D eigenvalue weighted by molar-refractivity contribution is 5.84. The smallest absolute Gasteiger partial charge is 0.238 e. The number of amides is 1. The number of carbonyl (C=O) groups excluding carboxylic acids is 1. The number of nitrogens with two attached hydrogens (primary N) is 1. The molecule has 0 aliphatic carbocycles. The maximum absolute atomic E-state index is 11.7. The molecule has 1 heterocycles. The first-order valence-corrected chi connectivity index (χ1v) is 6.82. The Morgan fingerprint density at radius 1 is 1.33 bits per heavy atom. The summed E-state index contributed by atoms with van der Waals surface area (Å²) in [6, 6.07) is 0.247. The molecule has 1 aliphatic heterocycles. The van der Waals surface area contributed by atoms with E-state index in [1.165, 1.54) is 0 Å². The Morgan fingerprint density at radius 3 is 2.56 bits per heavy atom. The Balaban J connectivity index is 2.62. The van der Waals surface area contributed by atoms with Crippen LogP contribution in [0.25, 0.3) is 0 Å².